The number of aryl methyl sites for hydroxylation is 1. The fourth-order valence-corrected chi connectivity index (χ4v) is 3.77. The lowest BCUT2D eigenvalue weighted by atomic mass is 9.73. The van der Waals surface area contributed by atoms with Crippen molar-refractivity contribution >= 4 is 5.91 Å². The molecule has 0 bridgehead atoms. The number of carbonyl (C=O) groups is 1. The van der Waals surface area contributed by atoms with Gasteiger partial charge in [0, 0.05) is 6.54 Å². The van der Waals surface area contributed by atoms with Crippen molar-refractivity contribution < 1.29 is 4.79 Å². The summed E-state index contributed by atoms with van der Waals surface area (Å²) in [4.78, 5) is 12.7. The van der Waals surface area contributed by atoms with E-state index in [1.165, 1.54) is 17.5 Å². The maximum atomic E-state index is 12.7. The van der Waals surface area contributed by atoms with E-state index in [-0.39, 0.29) is 17.4 Å². The number of amides is 1. The molecule has 3 rings (SSSR count). The van der Waals surface area contributed by atoms with Gasteiger partial charge in [-0.3, -0.25) is 4.79 Å². The molecule has 1 aromatic carbocycles. The Morgan fingerprint density at radius 3 is 2.75 bits per heavy atom. The van der Waals surface area contributed by atoms with Crippen molar-refractivity contribution in [2.45, 2.75) is 51.0 Å². The van der Waals surface area contributed by atoms with Crippen LogP contribution in [-0.2, 0) is 11.2 Å². The molecule has 0 radical (unpaired) electrons. The van der Waals surface area contributed by atoms with E-state index in [0.717, 1.165) is 38.5 Å². The van der Waals surface area contributed by atoms with E-state index in [0.29, 0.717) is 6.54 Å². The molecule has 2 aliphatic rings. The van der Waals surface area contributed by atoms with Gasteiger partial charge >= 0.3 is 0 Å². The summed E-state index contributed by atoms with van der Waals surface area (Å²) >= 11 is 0. The third-order valence-electron chi connectivity index (χ3n) is 5.12. The van der Waals surface area contributed by atoms with Crippen LogP contribution in [0.5, 0.6) is 0 Å². The second-order valence-electron chi connectivity index (χ2n) is 6.31. The summed E-state index contributed by atoms with van der Waals surface area (Å²) in [5.74, 6) is 0.182. The average Bonchev–Trinajstić information content (AvgIpc) is 2.91. The number of hydrogen-bond donors (Lipinski definition) is 2. The van der Waals surface area contributed by atoms with Crippen LogP contribution in [0.2, 0.25) is 0 Å². The van der Waals surface area contributed by atoms with Gasteiger partial charge in [0.25, 0.3) is 0 Å². The number of hydrogen-bond acceptors (Lipinski definition) is 2. The molecule has 20 heavy (non-hydrogen) atoms. The number of nitrogens with one attached hydrogen (secondary N) is 1. The van der Waals surface area contributed by atoms with Crippen LogP contribution in [-0.4, -0.2) is 12.5 Å². The highest BCUT2D eigenvalue weighted by molar-refractivity contribution is 5.83. The highest BCUT2D eigenvalue weighted by atomic mass is 16.2. The van der Waals surface area contributed by atoms with Crippen LogP contribution >= 0.6 is 0 Å². The topological polar surface area (TPSA) is 55.1 Å². The molecule has 1 fully saturated rings. The van der Waals surface area contributed by atoms with Crippen molar-refractivity contribution in [2.75, 3.05) is 6.54 Å². The molecule has 1 amide bonds. The van der Waals surface area contributed by atoms with Crippen LogP contribution in [0, 0.1) is 5.41 Å². The first-order chi connectivity index (χ1) is 9.75. The first kappa shape index (κ1) is 13.6. The van der Waals surface area contributed by atoms with Crippen LogP contribution < -0.4 is 11.1 Å². The molecule has 3 N–H and O–H groups in total. The van der Waals surface area contributed by atoms with E-state index >= 15 is 0 Å². The molecule has 0 heterocycles. The number of fused-ring (bicyclic) bond motifs is 1. The molecule has 2 aliphatic carbocycles. The number of nitrogens with two attached hydrogens (primary N) is 1. The van der Waals surface area contributed by atoms with E-state index < -0.39 is 0 Å². The van der Waals surface area contributed by atoms with Gasteiger partial charge in [-0.15, -0.1) is 0 Å². The fourth-order valence-electron chi connectivity index (χ4n) is 3.77. The summed E-state index contributed by atoms with van der Waals surface area (Å²) < 4.78 is 0. The SMILES string of the molecule is NCC1(C(=O)NC2CCc3ccccc32)CCCCC1. The largest absolute Gasteiger partial charge is 0.349 e. The Morgan fingerprint density at radius 1 is 1.25 bits per heavy atom. The van der Waals surface area contributed by atoms with Gasteiger partial charge in [0.2, 0.25) is 5.91 Å². The maximum absolute atomic E-state index is 12.7. The minimum Gasteiger partial charge on any atom is -0.349 e. The van der Waals surface area contributed by atoms with Gasteiger partial charge in [0.1, 0.15) is 0 Å². The molecule has 0 aromatic heterocycles. The second kappa shape index (κ2) is 5.57. The van der Waals surface area contributed by atoms with Crippen molar-refractivity contribution in [1.29, 1.82) is 0 Å². The molecule has 1 aromatic rings. The summed E-state index contributed by atoms with van der Waals surface area (Å²) in [7, 11) is 0. The second-order valence-corrected chi connectivity index (χ2v) is 6.31. The summed E-state index contributed by atoms with van der Waals surface area (Å²) in [5, 5.41) is 3.28. The van der Waals surface area contributed by atoms with Gasteiger partial charge in [-0.2, -0.15) is 0 Å². The summed E-state index contributed by atoms with van der Waals surface area (Å²) in [5.41, 5.74) is 8.31. The van der Waals surface area contributed by atoms with Crippen molar-refractivity contribution in [3.63, 3.8) is 0 Å². The lowest BCUT2D eigenvalue weighted by Gasteiger charge is -2.35. The van der Waals surface area contributed by atoms with E-state index in [4.69, 9.17) is 5.73 Å². The van der Waals surface area contributed by atoms with Gasteiger partial charge in [-0.05, 0) is 36.8 Å². The lowest BCUT2D eigenvalue weighted by Crippen LogP contribution is -2.47. The lowest BCUT2D eigenvalue weighted by molar-refractivity contribution is -0.133. The van der Waals surface area contributed by atoms with Crippen LogP contribution in [0.4, 0.5) is 0 Å². The predicted octanol–water partition coefficient (Wildman–Crippen LogP) is 2.70. The van der Waals surface area contributed by atoms with Crippen LogP contribution in [0.15, 0.2) is 24.3 Å². The van der Waals surface area contributed by atoms with Gasteiger partial charge < -0.3 is 11.1 Å². The van der Waals surface area contributed by atoms with Crippen molar-refractivity contribution in [3.05, 3.63) is 35.4 Å². The standard InChI is InChI=1S/C17H24N2O/c18-12-17(10-4-1-5-11-17)16(20)19-15-9-8-13-6-2-3-7-14(13)15/h2-3,6-7,15H,1,4-5,8-12,18H2,(H,19,20). The average molecular weight is 272 g/mol. The zero-order chi connectivity index (χ0) is 14.0. The summed E-state index contributed by atoms with van der Waals surface area (Å²) in [6.45, 7) is 0.479. The Hall–Kier alpha value is -1.35. The Kier molecular flexibility index (Phi) is 3.79. The predicted molar refractivity (Wildman–Crippen MR) is 80.2 cm³/mol. The minimum absolute atomic E-state index is 0.182. The highest BCUT2D eigenvalue weighted by Gasteiger charge is 2.39. The van der Waals surface area contributed by atoms with Gasteiger partial charge in [-0.1, -0.05) is 43.5 Å². The number of benzene rings is 1. The van der Waals surface area contributed by atoms with Gasteiger partial charge in [-0.25, -0.2) is 0 Å². The molecule has 0 saturated heterocycles. The number of carbonyl (C=O) groups excluding carboxylic acids is 1. The van der Waals surface area contributed by atoms with Gasteiger partial charge in [0.15, 0.2) is 0 Å². The molecule has 0 spiro atoms. The Balaban J connectivity index is 1.73. The third kappa shape index (κ3) is 2.35. The summed E-state index contributed by atoms with van der Waals surface area (Å²) in [6.07, 6.45) is 7.48. The highest BCUT2D eigenvalue weighted by Crippen LogP contribution is 2.37. The van der Waals surface area contributed by atoms with Crippen molar-refractivity contribution in [1.82, 2.24) is 5.32 Å². The Labute approximate surface area is 120 Å². The van der Waals surface area contributed by atoms with E-state index in [2.05, 4.69) is 29.6 Å². The molecule has 108 valence electrons. The molecule has 1 atom stereocenters. The maximum Gasteiger partial charge on any atom is 0.227 e. The van der Waals surface area contributed by atoms with E-state index in [9.17, 15) is 4.79 Å². The van der Waals surface area contributed by atoms with Gasteiger partial charge in [0.05, 0.1) is 11.5 Å². The third-order valence-corrected chi connectivity index (χ3v) is 5.12. The number of rotatable bonds is 3. The van der Waals surface area contributed by atoms with E-state index in [1.54, 1.807) is 0 Å². The Bertz CT molecular complexity index is 492. The van der Waals surface area contributed by atoms with Crippen LogP contribution in [0.25, 0.3) is 0 Å². The zero-order valence-electron chi connectivity index (χ0n) is 12.0. The molecule has 3 heteroatoms. The molecular formula is C17H24N2O. The fraction of sp³-hybridized carbons (Fsp3) is 0.588. The molecule has 3 nitrogen and oxygen atoms in total. The van der Waals surface area contributed by atoms with Crippen molar-refractivity contribution in [3.8, 4) is 0 Å². The summed E-state index contributed by atoms with van der Waals surface area (Å²) in [6, 6.07) is 8.63. The molecule has 1 saturated carbocycles. The zero-order valence-corrected chi connectivity index (χ0v) is 12.0. The first-order valence-corrected chi connectivity index (χ1v) is 7.84. The molecular weight excluding hydrogens is 248 g/mol. The monoisotopic (exact) mass is 272 g/mol. The quantitative estimate of drug-likeness (QED) is 0.889. The normalized spacial score (nSPS) is 24.1. The Morgan fingerprint density at radius 2 is 2.00 bits per heavy atom. The van der Waals surface area contributed by atoms with Crippen LogP contribution in [0.3, 0.4) is 0 Å². The minimum atomic E-state index is -0.310. The van der Waals surface area contributed by atoms with E-state index in [1.807, 2.05) is 0 Å². The smallest absolute Gasteiger partial charge is 0.227 e. The molecule has 1 unspecified atom stereocenters. The molecule has 0 aliphatic heterocycles. The van der Waals surface area contributed by atoms with Crippen molar-refractivity contribution in [2.24, 2.45) is 11.1 Å². The first-order valence-electron chi connectivity index (χ1n) is 7.84. The van der Waals surface area contributed by atoms with Crippen LogP contribution in [0.1, 0.15) is 55.7 Å².